The summed E-state index contributed by atoms with van der Waals surface area (Å²) in [6.45, 7) is 4.66. The first-order valence-corrected chi connectivity index (χ1v) is 17.9. The molecule has 0 aliphatic heterocycles. The molecule has 4 aromatic heterocycles. The van der Waals surface area contributed by atoms with Crippen LogP contribution in [0.15, 0.2) is 164 Å². The van der Waals surface area contributed by atoms with Crippen molar-refractivity contribution in [2.45, 2.75) is 19.3 Å². The highest BCUT2D eigenvalue weighted by atomic mass is 14.9. The third-order valence-corrected chi connectivity index (χ3v) is 10.6. The fraction of sp³-hybridized carbons (Fsp3) is 0.0625. The lowest BCUT2D eigenvalue weighted by atomic mass is 9.81. The molecule has 0 bridgehead atoms. The van der Waals surface area contributed by atoms with E-state index in [1.807, 2.05) is 54.9 Å². The molecule has 0 amide bonds. The normalized spacial score (nSPS) is 12.9. The van der Waals surface area contributed by atoms with E-state index in [1.165, 1.54) is 27.6 Å². The number of rotatable bonds is 5. The Labute approximate surface area is 307 Å². The van der Waals surface area contributed by atoms with Gasteiger partial charge in [0.15, 0.2) is 5.82 Å². The third kappa shape index (κ3) is 5.20. The highest BCUT2D eigenvalue weighted by Crippen LogP contribution is 2.51. The molecule has 0 saturated carbocycles. The van der Waals surface area contributed by atoms with Gasteiger partial charge in [0.25, 0.3) is 0 Å². The van der Waals surface area contributed by atoms with E-state index in [4.69, 9.17) is 15.0 Å². The average molecular weight is 680 g/mol. The maximum absolute atomic E-state index is 5.31. The summed E-state index contributed by atoms with van der Waals surface area (Å²) in [5.74, 6) is 0.732. The molecule has 5 nitrogen and oxygen atoms in total. The van der Waals surface area contributed by atoms with Crippen molar-refractivity contribution in [2.75, 3.05) is 0 Å². The van der Waals surface area contributed by atoms with E-state index in [0.717, 1.165) is 72.8 Å². The van der Waals surface area contributed by atoms with Crippen LogP contribution in [0, 0.1) is 0 Å². The minimum absolute atomic E-state index is 0.251. The molecule has 5 heteroatoms. The average Bonchev–Trinajstić information content (AvgIpc) is 3.45. The van der Waals surface area contributed by atoms with Crippen molar-refractivity contribution in [2.24, 2.45) is 0 Å². The van der Waals surface area contributed by atoms with E-state index in [0.29, 0.717) is 0 Å². The SMILES string of the molecule is CC1(C)c2cc(-c3cc(-c4ccccn4)nc(-c4ccccn4)c3)ccc2-c2ccc(-c3nc(-c4cccc5ccccc45)nc4ccccc34)cc21. The van der Waals surface area contributed by atoms with Crippen LogP contribution in [-0.2, 0) is 5.41 Å². The second-order valence-corrected chi connectivity index (χ2v) is 14.1. The van der Waals surface area contributed by atoms with Crippen LogP contribution in [0.25, 0.3) is 89.4 Å². The van der Waals surface area contributed by atoms with Crippen LogP contribution in [0.4, 0.5) is 0 Å². The number of para-hydroxylation sites is 1. The molecule has 0 fully saturated rings. The number of nitrogens with zero attached hydrogens (tertiary/aromatic N) is 5. The Balaban J connectivity index is 1.09. The van der Waals surface area contributed by atoms with E-state index in [9.17, 15) is 0 Å². The van der Waals surface area contributed by atoms with E-state index in [-0.39, 0.29) is 5.41 Å². The highest BCUT2D eigenvalue weighted by molar-refractivity contribution is 5.99. The molecular weight excluding hydrogens is 647 g/mol. The molecule has 250 valence electrons. The van der Waals surface area contributed by atoms with E-state index in [2.05, 4.69) is 133 Å². The zero-order valence-corrected chi connectivity index (χ0v) is 29.3. The molecule has 0 atom stereocenters. The van der Waals surface area contributed by atoms with Gasteiger partial charge in [-0.25, -0.2) is 15.0 Å². The Hall–Kier alpha value is -6.85. The number of hydrogen-bond acceptors (Lipinski definition) is 5. The van der Waals surface area contributed by atoms with Crippen LogP contribution in [0.3, 0.4) is 0 Å². The number of pyridine rings is 3. The van der Waals surface area contributed by atoms with Gasteiger partial charge in [0.2, 0.25) is 0 Å². The summed E-state index contributed by atoms with van der Waals surface area (Å²) in [4.78, 5) is 24.6. The van der Waals surface area contributed by atoms with Crippen LogP contribution in [0.2, 0.25) is 0 Å². The van der Waals surface area contributed by atoms with Gasteiger partial charge in [0, 0.05) is 34.3 Å². The largest absolute Gasteiger partial charge is 0.255 e. The van der Waals surface area contributed by atoms with Gasteiger partial charge < -0.3 is 0 Å². The molecule has 0 spiro atoms. The smallest absolute Gasteiger partial charge is 0.161 e. The topological polar surface area (TPSA) is 64.5 Å². The summed E-state index contributed by atoms with van der Waals surface area (Å²) >= 11 is 0. The quantitative estimate of drug-likeness (QED) is 0.181. The Morgan fingerprint density at radius 1 is 0.415 bits per heavy atom. The highest BCUT2D eigenvalue weighted by Gasteiger charge is 2.36. The predicted molar refractivity (Wildman–Crippen MR) is 215 cm³/mol. The molecule has 9 aromatic rings. The van der Waals surface area contributed by atoms with Crippen molar-refractivity contribution in [3.8, 4) is 67.7 Å². The molecule has 10 rings (SSSR count). The van der Waals surface area contributed by atoms with Crippen LogP contribution >= 0.6 is 0 Å². The zero-order chi connectivity index (χ0) is 35.5. The molecule has 53 heavy (non-hydrogen) atoms. The Morgan fingerprint density at radius 2 is 1.02 bits per heavy atom. The first kappa shape index (κ1) is 30.9. The fourth-order valence-corrected chi connectivity index (χ4v) is 7.89. The molecule has 4 heterocycles. The van der Waals surface area contributed by atoms with Gasteiger partial charge >= 0.3 is 0 Å². The van der Waals surface area contributed by atoms with Crippen molar-refractivity contribution in [1.82, 2.24) is 24.9 Å². The van der Waals surface area contributed by atoms with Gasteiger partial charge in [-0.3, -0.25) is 9.97 Å². The first-order valence-electron chi connectivity index (χ1n) is 17.9. The Morgan fingerprint density at radius 3 is 1.72 bits per heavy atom. The summed E-state index contributed by atoms with van der Waals surface area (Å²) < 4.78 is 0. The van der Waals surface area contributed by atoms with Crippen LogP contribution in [-0.4, -0.2) is 24.9 Å². The minimum Gasteiger partial charge on any atom is -0.255 e. The van der Waals surface area contributed by atoms with Gasteiger partial charge in [-0.05, 0) is 98.8 Å². The van der Waals surface area contributed by atoms with Gasteiger partial charge in [0.1, 0.15) is 0 Å². The van der Waals surface area contributed by atoms with Gasteiger partial charge in [0.05, 0.1) is 34.0 Å². The summed E-state index contributed by atoms with van der Waals surface area (Å²) in [5, 5.41) is 3.36. The number of fused-ring (bicyclic) bond motifs is 5. The van der Waals surface area contributed by atoms with E-state index >= 15 is 0 Å². The van der Waals surface area contributed by atoms with Gasteiger partial charge in [-0.1, -0.05) is 111 Å². The van der Waals surface area contributed by atoms with Crippen molar-refractivity contribution in [3.63, 3.8) is 0 Å². The van der Waals surface area contributed by atoms with Gasteiger partial charge in [-0.2, -0.15) is 0 Å². The van der Waals surface area contributed by atoms with Crippen LogP contribution in [0.5, 0.6) is 0 Å². The molecule has 0 radical (unpaired) electrons. The first-order chi connectivity index (χ1) is 26.0. The van der Waals surface area contributed by atoms with Crippen molar-refractivity contribution >= 4 is 21.7 Å². The Bertz CT molecular complexity index is 2800. The molecule has 1 aliphatic carbocycles. The second kappa shape index (κ2) is 12.1. The fourth-order valence-electron chi connectivity index (χ4n) is 7.89. The summed E-state index contributed by atoms with van der Waals surface area (Å²) in [6.07, 6.45) is 3.62. The van der Waals surface area contributed by atoms with Crippen molar-refractivity contribution in [3.05, 3.63) is 175 Å². The number of benzene rings is 5. The molecule has 5 aromatic carbocycles. The molecule has 1 aliphatic rings. The maximum atomic E-state index is 5.31. The van der Waals surface area contributed by atoms with Crippen molar-refractivity contribution < 1.29 is 0 Å². The summed E-state index contributed by atoms with van der Waals surface area (Å²) in [6, 6.07) is 52.9. The maximum Gasteiger partial charge on any atom is 0.161 e. The summed E-state index contributed by atoms with van der Waals surface area (Å²) in [7, 11) is 0. The third-order valence-electron chi connectivity index (χ3n) is 10.6. The van der Waals surface area contributed by atoms with Gasteiger partial charge in [-0.15, -0.1) is 0 Å². The number of aromatic nitrogens is 5. The lowest BCUT2D eigenvalue weighted by Gasteiger charge is -2.23. The van der Waals surface area contributed by atoms with Crippen LogP contribution < -0.4 is 0 Å². The Kier molecular flexibility index (Phi) is 7.08. The zero-order valence-electron chi connectivity index (χ0n) is 29.3. The lowest BCUT2D eigenvalue weighted by molar-refractivity contribution is 0.661. The molecule has 0 N–H and O–H groups in total. The number of hydrogen-bond donors (Lipinski definition) is 0. The minimum atomic E-state index is -0.251. The standard InChI is InChI=1S/C48H33N5/c1-48(2)39-26-31(33-28-44(42-18-7-9-24-49-42)51-45(29-33)43-19-8-10-25-50-43)20-22-35(39)36-23-21-32(27-40(36)48)46-38-15-5-6-17-41(38)52-47(53-46)37-16-11-13-30-12-3-4-14-34(30)37/h3-29H,1-2H3. The second-order valence-electron chi connectivity index (χ2n) is 14.1. The van der Waals surface area contributed by atoms with Crippen LogP contribution in [0.1, 0.15) is 25.0 Å². The lowest BCUT2D eigenvalue weighted by Crippen LogP contribution is -2.15. The van der Waals surface area contributed by atoms with E-state index < -0.39 is 0 Å². The molecular formula is C48H33N5. The predicted octanol–water partition coefficient (Wildman–Crippen LogP) is 11.6. The summed E-state index contributed by atoms with van der Waals surface area (Å²) in [5.41, 5.74) is 14.3. The molecule has 0 unspecified atom stereocenters. The molecule has 0 saturated heterocycles. The monoisotopic (exact) mass is 679 g/mol. The van der Waals surface area contributed by atoms with Crippen molar-refractivity contribution in [1.29, 1.82) is 0 Å². The van der Waals surface area contributed by atoms with E-state index in [1.54, 1.807) is 0 Å².